The highest BCUT2D eigenvalue weighted by Crippen LogP contribution is 2.26. The van der Waals surface area contributed by atoms with Crippen LogP contribution in [0.5, 0.6) is 11.5 Å². The molecule has 0 saturated heterocycles. The second-order valence-corrected chi connectivity index (χ2v) is 3.55. The lowest BCUT2D eigenvalue weighted by atomic mass is 10.1. The van der Waals surface area contributed by atoms with Gasteiger partial charge in [-0.15, -0.1) is 0 Å². The zero-order valence-corrected chi connectivity index (χ0v) is 9.40. The van der Waals surface area contributed by atoms with Crippen molar-refractivity contribution in [3.8, 4) is 11.5 Å². The molecule has 15 heavy (non-hydrogen) atoms. The largest absolute Gasteiger partial charge is 0.508 e. The Hall–Kier alpha value is -1.22. The van der Waals surface area contributed by atoms with Gasteiger partial charge in [0.05, 0.1) is 0 Å². The molecule has 0 unspecified atom stereocenters. The third-order valence-electron chi connectivity index (χ3n) is 2.70. The molecule has 0 spiro atoms. The second-order valence-electron chi connectivity index (χ2n) is 3.55. The van der Waals surface area contributed by atoms with E-state index in [0.29, 0.717) is 12.0 Å². The van der Waals surface area contributed by atoms with Gasteiger partial charge >= 0.3 is 0 Å². The number of likely N-dealkylation sites (N-methyl/N-ethyl adjacent to an activating group) is 1. The minimum Gasteiger partial charge on any atom is -0.508 e. The van der Waals surface area contributed by atoms with E-state index in [4.69, 9.17) is 0 Å². The van der Waals surface area contributed by atoms with Crippen LogP contribution in [0.3, 0.4) is 0 Å². The molecule has 0 heterocycles. The monoisotopic (exact) mass is 209 g/mol. The summed E-state index contributed by atoms with van der Waals surface area (Å²) in [6, 6.07) is 4.86. The van der Waals surface area contributed by atoms with Crippen molar-refractivity contribution in [2.45, 2.75) is 20.3 Å². The molecule has 0 aliphatic rings. The average molecular weight is 209 g/mol. The molecule has 0 atom stereocenters. The molecule has 3 nitrogen and oxygen atoms in total. The molecule has 2 N–H and O–H groups in total. The van der Waals surface area contributed by atoms with Crippen LogP contribution in [-0.2, 0) is 6.42 Å². The SMILES string of the molecule is CCN(CC)CCc1c(O)cccc1O. The molecule has 0 saturated carbocycles. The van der Waals surface area contributed by atoms with Gasteiger partial charge in [0.1, 0.15) is 11.5 Å². The highest BCUT2D eigenvalue weighted by atomic mass is 16.3. The maximum atomic E-state index is 9.57. The van der Waals surface area contributed by atoms with Crippen LogP contribution in [0, 0.1) is 0 Å². The molecular weight excluding hydrogens is 190 g/mol. The van der Waals surface area contributed by atoms with Gasteiger partial charge in [-0.25, -0.2) is 0 Å². The van der Waals surface area contributed by atoms with E-state index in [1.165, 1.54) is 0 Å². The van der Waals surface area contributed by atoms with Crippen LogP contribution in [0.15, 0.2) is 18.2 Å². The molecule has 0 fully saturated rings. The van der Waals surface area contributed by atoms with E-state index >= 15 is 0 Å². The number of phenols is 2. The Balaban J connectivity index is 2.64. The molecule has 3 heteroatoms. The quantitative estimate of drug-likeness (QED) is 0.779. The smallest absolute Gasteiger partial charge is 0.122 e. The van der Waals surface area contributed by atoms with E-state index < -0.39 is 0 Å². The van der Waals surface area contributed by atoms with Crippen molar-refractivity contribution in [1.29, 1.82) is 0 Å². The Bertz CT molecular complexity index is 288. The number of aromatic hydroxyl groups is 2. The summed E-state index contributed by atoms with van der Waals surface area (Å²) in [6.07, 6.45) is 0.681. The Kier molecular flexibility index (Phi) is 4.43. The first-order chi connectivity index (χ1) is 7.19. The number of benzene rings is 1. The Morgan fingerprint density at radius 1 is 1.07 bits per heavy atom. The molecule has 0 amide bonds. The lowest BCUT2D eigenvalue weighted by Crippen LogP contribution is -2.25. The van der Waals surface area contributed by atoms with E-state index in [0.717, 1.165) is 19.6 Å². The lowest BCUT2D eigenvalue weighted by molar-refractivity contribution is 0.304. The predicted octanol–water partition coefficient (Wildman–Crippen LogP) is 1.98. The average Bonchev–Trinajstić information content (AvgIpc) is 2.23. The van der Waals surface area contributed by atoms with Gasteiger partial charge in [-0.1, -0.05) is 19.9 Å². The molecule has 0 aromatic heterocycles. The number of phenolic OH excluding ortho intramolecular Hbond substituents is 2. The molecule has 0 radical (unpaired) electrons. The highest BCUT2D eigenvalue weighted by molar-refractivity contribution is 5.43. The highest BCUT2D eigenvalue weighted by Gasteiger charge is 2.08. The predicted molar refractivity (Wildman–Crippen MR) is 61.3 cm³/mol. The van der Waals surface area contributed by atoms with Gasteiger partial charge in [0, 0.05) is 12.1 Å². The minimum absolute atomic E-state index is 0.183. The molecule has 0 bridgehead atoms. The summed E-state index contributed by atoms with van der Waals surface area (Å²) in [5.41, 5.74) is 0.643. The van der Waals surface area contributed by atoms with Crippen molar-refractivity contribution in [2.75, 3.05) is 19.6 Å². The fourth-order valence-corrected chi connectivity index (χ4v) is 1.63. The number of nitrogens with zero attached hydrogens (tertiary/aromatic N) is 1. The molecule has 1 aromatic rings. The lowest BCUT2D eigenvalue weighted by Gasteiger charge is -2.18. The molecule has 84 valence electrons. The van der Waals surface area contributed by atoms with Crippen LogP contribution in [0.4, 0.5) is 0 Å². The van der Waals surface area contributed by atoms with Crippen LogP contribution in [-0.4, -0.2) is 34.7 Å². The van der Waals surface area contributed by atoms with Gasteiger partial charge in [-0.3, -0.25) is 0 Å². The van der Waals surface area contributed by atoms with Gasteiger partial charge in [0.2, 0.25) is 0 Å². The van der Waals surface area contributed by atoms with Crippen molar-refractivity contribution >= 4 is 0 Å². The topological polar surface area (TPSA) is 43.7 Å². The summed E-state index contributed by atoms with van der Waals surface area (Å²) in [4.78, 5) is 2.26. The van der Waals surface area contributed by atoms with Gasteiger partial charge in [0.25, 0.3) is 0 Å². The van der Waals surface area contributed by atoms with Crippen molar-refractivity contribution in [3.05, 3.63) is 23.8 Å². The summed E-state index contributed by atoms with van der Waals surface area (Å²) in [5.74, 6) is 0.365. The van der Waals surface area contributed by atoms with Crippen LogP contribution in [0.2, 0.25) is 0 Å². The number of rotatable bonds is 5. The van der Waals surface area contributed by atoms with E-state index in [-0.39, 0.29) is 11.5 Å². The fourth-order valence-electron chi connectivity index (χ4n) is 1.63. The normalized spacial score (nSPS) is 10.9. The maximum absolute atomic E-state index is 9.57. The van der Waals surface area contributed by atoms with E-state index in [1.54, 1.807) is 18.2 Å². The summed E-state index contributed by atoms with van der Waals surface area (Å²) in [7, 11) is 0. The third-order valence-corrected chi connectivity index (χ3v) is 2.70. The van der Waals surface area contributed by atoms with E-state index in [9.17, 15) is 10.2 Å². The first-order valence-electron chi connectivity index (χ1n) is 5.41. The Morgan fingerprint density at radius 3 is 2.07 bits per heavy atom. The molecule has 1 rings (SSSR count). The van der Waals surface area contributed by atoms with Crippen molar-refractivity contribution in [2.24, 2.45) is 0 Å². The van der Waals surface area contributed by atoms with Crippen LogP contribution in [0.1, 0.15) is 19.4 Å². The fraction of sp³-hybridized carbons (Fsp3) is 0.500. The zero-order chi connectivity index (χ0) is 11.3. The molecule has 0 aliphatic heterocycles. The Morgan fingerprint density at radius 2 is 1.60 bits per heavy atom. The third kappa shape index (κ3) is 3.13. The van der Waals surface area contributed by atoms with Crippen molar-refractivity contribution in [3.63, 3.8) is 0 Å². The zero-order valence-electron chi connectivity index (χ0n) is 9.40. The van der Waals surface area contributed by atoms with Crippen molar-refractivity contribution < 1.29 is 10.2 Å². The van der Waals surface area contributed by atoms with Gasteiger partial charge < -0.3 is 15.1 Å². The maximum Gasteiger partial charge on any atom is 0.122 e. The van der Waals surface area contributed by atoms with Crippen LogP contribution >= 0.6 is 0 Å². The standard InChI is InChI=1S/C12H19NO2/c1-3-13(4-2)9-8-10-11(14)6-5-7-12(10)15/h5-7,14-15H,3-4,8-9H2,1-2H3. The van der Waals surface area contributed by atoms with Crippen LogP contribution < -0.4 is 0 Å². The summed E-state index contributed by atoms with van der Waals surface area (Å²) < 4.78 is 0. The first-order valence-corrected chi connectivity index (χ1v) is 5.41. The van der Waals surface area contributed by atoms with Crippen LogP contribution in [0.25, 0.3) is 0 Å². The summed E-state index contributed by atoms with van der Waals surface area (Å²) in [6.45, 7) is 7.05. The summed E-state index contributed by atoms with van der Waals surface area (Å²) >= 11 is 0. The molecule has 0 aliphatic carbocycles. The minimum atomic E-state index is 0.183. The first kappa shape index (κ1) is 11.9. The molecular formula is C12H19NO2. The van der Waals surface area contributed by atoms with E-state index in [1.807, 2.05) is 0 Å². The van der Waals surface area contributed by atoms with Crippen molar-refractivity contribution in [1.82, 2.24) is 4.90 Å². The number of hydrogen-bond donors (Lipinski definition) is 2. The second kappa shape index (κ2) is 5.61. The number of hydrogen-bond acceptors (Lipinski definition) is 3. The van der Waals surface area contributed by atoms with Gasteiger partial charge in [-0.2, -0.15) is 0 Å². The van der Waals surface area contributed by atoms with Gasteiger partial charge in [-0.05, 0) is 31.6 Å². The summed E-state index contributed by atoms with van der Waals surface area (Å²) in [5, 5.41) is 19.1. The Labute approximate surface area is 91.0 Å². The molecule has 1 aromatic carbocycles. The van der Waals surface area contributed by atoms with E-state index in [2.05, 4.69) is 18.7 Å². The van der Waals surface area contributed by atoms with Gasteiger partial charge in [0.15, 0.2) is 0 Å².